The molecule has 1 amide bonds. The van der Waals surface area contributed by atoms with Gasteiger partial charge < -0.3 is 15.3 Å². The Morgan fingerprint density at radius 1 is 1.18 bits per heavy atom. The molecule has 1 aromatic rings. The van der Waals surface area contributed by atoms with Crippen LogP contribution >= 0.6 is 0 Å². The van der Waals surface area contributed by atoms with Gasteiger partial charge in [0.25, 0.3) is 5.91 Å². The molecule has 0 spiro atoms. The number of carbonyl (C=O) groups is 2. The van der Waals surface area contributed by atoms with Gasteiger partial charge in [-0.2, -0.15) is 0 Å². The van der Waals surface area contributed by atoms with Gasteiger partial charge in [-0.05, 0) is 43.5 Å². The van der Waals surface area contributed by atoms with Gasteiger partial charge in [0.05, 0.1) is 0 Å². The Kier molecular flexibility index (Phi) is 6.89. The molecule has 0 saturated carbocycles. The summed E-state index contributed by atoms with van der Waals surface area (Å²) in [5.41, 5.74) is 1.54. The molecule has 0 unspecified atom stereocenters. The third kappa shape index (κ3) is 4.76. The number of nitrogens with zero attached hydrogens (tertiary/aromatic N) is 1. The van der Waals surface area contributed by atoms with Crippen molar-refractivity contribution in [3.63, 3.8) is 0 Å². The van der Waals surface area contributed by atoms with Crippen LogP contribution in [0, 0.1) is 5.92 Å². The normalized spacial score (nSPS) is 12.0. The number of carboxylic acid groups (broad SMARTS) is 1. The predicted molar refractivity (Wildman–Crippen MR) is 88.3 cm³/mol. The van der Waals surface area contributed by atoms with E-state index < -0.39 is 12.0 Å². The van der Waals surface area contributed by atoms with Crippen molar-refractivity contribution in [3.8, 4) is 0 Å². The lowest BCUT2D eigenvalue weighted by Crippen LogP contribution is -2.44. The maximum Gasteiger partial charge on any atom is 0.326 e. The van der Waals surface area contributed by atoms with E-state index in [0.29, 0.717) is 5.56 Å². The van der Waals surface area contributed by atoms with Crippen molar-refractivity contribution in [3.05, 3.63) is 29.8 Å². The van der Waals surface area contributed by atoms with Gasteiger partial charge in [0.1, 0.15) is 6.04 Å². The second-order valence-corrected chi connectivity index (χ2v) is 5.66. The number of anilines is 1. The molecular formula is C17H26N2O3. The van der Waals surface area contributed by atoms with Crippen LogP contribution in [0.3, 0.4) is 0 Å². The number of nitrogens with one attached hydrogen (secondary N) is 1. The minimum Gasteiger partial charge on any atom is -0.480 e. The average molecular weight is 306 g/mol. The largest absolute Gasteiger partial charge is 0.480 e. The summed E-state index contributed by atoms with van der Waals surface area (Å²) in [6.07, 6.45) is 1.06. The molecule has 122 valence electrons. The van der Waals surface area contributed by atoms with Crippen LogP contribution in [0.25, 0.3) is 0 Å². The molecular weight excluding hydrogens is 280 g/mol. The summed E-state index contributed by atoms with van der Waals surface area (Å²) >= 11 is 0. The van der Waals surface area contributed by atoms with Crippen LogP contribution in [0.1, 0.15) is 44.5 Å². The lowest BCUT2D eigenvalue weighted by atomic mass is 10.0. The number of amides is 1. The van der Waals surface area contributed by atoms with Gasteiger partial charge in [0.15, 0.2) is 0 Å². The Bertz CT molecular complexity index is 497. The maximum absolute atomic E-state index is 12.2. The number of benzene rings is 1. The van der Waals surface area contributed by atoms with Crippen molar-refractivity contribution >= 4 is 17.6 Å². The van der Waals surface area contributed by atoms with E-state index in [-0.39, 0.29) is 11.8 Å². The van der Waals surface area contributed by atoms with E-state index in [1.807, 2.05) is 12.1 Å². The Hall–Kier alpha value is -2.04. The molecule has 0 bridgehead atoms. The van der Waals surface area contributed by atoms with Gasteiger partial charge in [0, 0.05) is 24.3 Å². The highest BCUT2D eigenvalue weighted by Crippen LogP contribution is 2.16. The van der Waals surface area contributed by atoms with E-state index in [4.69, 9.17) is 5.11 Å². The van der Waals surface area contributed by atoms with E-state index in [1.54, 1.807) is 26.0 Å². The third-order valence-electron chi connectivity index (χ3n) is 3.59. The Labute approximate surface area is 132 Å². The van der Waals surface area contributed by atoms with Gasteiger partial charge >= 0.3 is 5.97 Å². The van der Waals surface area contributed by atoms with Crippen molar-refractivity contribution in [2.24, 2.45) is 5.92 Å². The van der Waals surface area contributed by atoms with Crippen LogP contribution < -0.4 is 10.2 Å². The number of carbonyl (C=O) groups excluding carboxylic acids is 1. The van der Waals surface area contributed by atoms with E-state index >= 15 is 0 Å². The molecule has 1 rings (SSSR count). The van der Waals surface area contributed by atoms with Crippen LogP contribution in [0.2, 0.25) is 0 Å². The minimum absolute atomic E-state index is 0.166. The zero-order chi connectivity index (χ0) is 16.7. The van der Waals surface area contributed by atoms with Crippen molar-refractivity contribution in [1.29, 1.82) is 0 Å². The molecule has 5 nitrogen and oxygen atoms in total. The standard InChI is InChI=1S/C17H26N2O3/c1-5-11-19(6-2)14-9-7-13(8-10-14)16(20)18-15(12(3)4)17(21)22/h7-10,12,15H,5-6,11H2,1-4H3,(H,18,20)(H,21,22)/t15-/m0/s1. The summed E-state index contributed by atoms with van der Waals surface area (Å²) in [5.74, 6) is -1.54. The zero-order valence-electron chi connectivity index (χ0n) is 13.8. The molecule has 0 aliphatic carbocycles. The van der Waals surface area contributed by atoms with Crippen LogP contribution in [-0.2, 0) is 4.79 Å². The zero-order valence-corrected chi connectivity index (χ0v) is 13.8. The van der Waals surface area contributed by atoms with Gasteiger partial charge in [-0.3, -0.25) is 4.79 Å². The fourth-order valence-corrected chi connectivity index (χ4v) is 2.30. The summed E-state index contributed by atoms with van der Waals surface area (Å²) in [5, 5.41) is 11.7. The molecule has 2 N–H and O–H groups in total. The SMILES string of the molecule is CCCN(CC)c1ccc(C(=O)N[C@H](C(=O)O)C(C)C)cc1. The first-order chi connectivity index (χ1) is 10.4. The lowest BCUT2D eigenvalue weighted by molar-refractivity contribution is -0.140. The number of rotatable bonds is 8. The molecule has 0 fully saturated rings. The van der Waals surface area contributed by atoms with Crippen molar-refractivity contribution in [2.75, 3.05) is 18.0 Å². The average Bonchev–Trinajstić information content (AvgIpc) is 2.49. The number of hydrogen-bond acceptors (Lipinski definition) is 3. The highest BCUT2D eigenvalue weighted by molar-refractivity contribution is 5.96. The molecule has 0 aliphatic heterocycles. The van der Waals surface area contributed by atoms with E-state index in [0.717, 1.165) is 25.2 Å². The third-order valence-corrected chi connectivity index (χ3v) is 3.59. The molecule has 0 aliphatic rings. The summed E-state index contributed by atoms with van der Waals surface area (Å²) in [7, 11) is 0. The fourth-order valence-electron chi connectivity index (χ4n) is 2.30. The maximum atomic E-state index is 12.2. The van der Waals surface area contributed by atoms with Crippen molar-refractivity contribution in [2.45, 2.75) is 40.2 Å². The highest BCUT2D eigenvalue weighted by Gasteiger charge is 2.23. The molecule has 1 atom stereocenters. The summed E-state index contributed by atoms with van der Waals surface area (Å²) in [6, 6.07) is 6.41. The molecule has 1 aromatic carbocycles. The lowest BCUT2D eigenvalue weighted by Gasteiger charge is -2.22. The second-order valence-electron chi connectivity index (χ2n) is 5.66. The first kappa shape index (κ1) is 18.0. The first-order valence-electron chi connectivity index (χ1n) is 7.79. The first-order valence-corrected chi connectivity index (χ1v) is 7.79. The van der Waals surface area contributed by atoms with Crippen LogP contribution in [0.15, 0.2) is 24.3 Å². The van der Waals surface area contributed by atoms with Crippen LogP contribution in [0.4, 0.5) is 5.69 Å². The van der Waals surface area contributed by atoms with E-state index in [9.17, 15) is 9.59 Å². The van der Waals surface area contributed by atoms with Gasteiger partial charge in [-0.1, -0.05) is 20.8 Å². The summed E-state index contributed by atoms with van der Waals surface area (Å²) in [6.45, 7) is 9.64. The van der Waals surface area contributed by atoms with Gasteiger partial charge in [-0.25, -0.2) is 4.79 Å². The molecule has 0 saturated heterocycles. The van der Waals surface area contributed by atoms with Gasteiger partial charge in [0.2, 0.25) is 0 Å². The Morgan fingerprint density at radius 3 is 2.18 bits per heavy atom. The van der Waals surface area contributed by atoms with Crippen molar-refractivity contribution in [1.82, 2.24) is 5.32 Å². The molecule has 0 heterocycles. The second kappa shape index (κ2) is 8.41. The quantitative estimate of drug-likeness (QED) is 0.775. The van der Waals surface area contributed by atoms with E-state index in [2.05, 4.69) is 24.1 Å². The molecule has 0 aromatic heterocycles. The minimum atomic E-state index is -1.01. The molecule has 5 heteroatoms. The fraction of sp³-hybridized carbons (Fsp3) is 0.529. The molecule has 0 radical (unpaired) electrons. The smallest absolute Gasteiger partial charge is 0.326 e. The van der Waals surface area contributed by atoms with E-state index in [1.165, 1.54) is 0 Å². The van der Waals surface area contributed by atoms with Crippen LogP contribution in [0.5, 0.6) is 0 Å². The molecule has 22 heavy (non-hydrogen) atoms. The topological polar surface area (TPSA) is 69.6 Å². The number of carboxylic acids is 1. The van der Waals surface area contributed by atoms with Gasteiger partial charge in [-0.15, -0.1) is 0 Å². The monoisotopic (exact) mass is 306 g/mol. The Balaban J connectivity index is 2.81. The number of hydrogen-bond donors (Lipinski definition) is 2. The highest BCUT2D eigenvalue weighted by atomic mass is 16.4. The predicted octanol–water partition coefficient (Wildman–Crippen LogP) is 2.76. The number of aliphatic carboxylic acids is 1. The summed E-state index contributed by atoms with van der Waals surface area (Å²) < 4.78 is 0. The van der Waals surface area contributed by atoms with Crippen molar-refractivity contribution < 1.29 is 14.7 Å². The Morgan fingerprint density at radius 2 is 1.77 bits per heavy atom. The van der Waals surface area contributed by atoms with Crippen LogP contribution in [-0.4, -0.2) is 36.1 Å². The summed E-state index contributed by atoms with van der Waals surface area (Å²) in [4.78, 5) is 25.5.